The van der Waals surface area contributed by atoms with Crippen LogP contribution in [0.2, 0.25) is 29.1 Å². The van der Waals surface area contributed by atoms with Crippen LogP contribution in [0.15, 0.2) is 0 Å². The van der Waals surface area contributed by atoms with Crippen molar-refractivity contribution in [2.75, 3.05) is 0 Å². The van der Waals surface area contributed by atoms with Crippen molar-refractivity contribution in [2.45, 2.75) is 73.3 Å². The van der Waals surface area contributed by atoms with Gasteiger partial charge in [-0.05, 0) is 25.7 Å². The first kappa shape index (κ1) is 14.6. The molecule has 2 fully saturated rings. The molecule has 6 heteroatoms. The summed E-state index contributed by atoms with van der Waals surface area (Å²) in [5, 5.41) is 0. The maximum atomic E-state index is 6.19. The van der Waals surface area contributed by atoms with E-state index in [9.17, 15) is 0 Å². The van der Waals surface area contributed by atoms with E-state index in [1.165, 1.54) is 0 Å². The van der Waals surface area contributed by atoms with Crippen molar-refractivity contribution in [1.82, 2.24) is 0 Å². The Balaban J connectivity index is 1.92. The number of hydrogen-bond donors (Lipinski definition) is 2. The van der Waals surface area contributed by atoms with Gasteiger partial charge in [0.1, 0.15) is 7.28 Å². The molecule has 18 heavy (non-hydrogen) atoms. The third-order valence-corrected chi connectivity index (χ3v) is 4.60. The van der Waals surface area contributed by atoms with E-state index < -0.39 is 0 Å². The van der Waals surface area contributed by atoms with Gasteiger partial charge in [0.2, 0.25) is 0 Å². The van der Waals surface area contributed by atoms with Crippen LogP contribution >= 0.6 is 0 Å². The molecule has 2 rings (SSSR count). The standard InChI is InChI=1S/C12H21B4N2/c13-8-3-6(17)1-2-11(8)16-12-9(14)4-7(18)5-10(12)15/h6-12H,1-5,17-18H2. The van der Waals surface area contributed by atoms with Crippen LogP contribution < -0.4 is 11.5 Å². The van der Waals surface area contributed by atoms with E-state index in [1.807, 2.05) is 0 Å². The zero-order valence-corrected chi connectivity index (χ0v) is 11.0. The molecule has 2 nitrogen and oxygen atoms in total. The Bertz CT molecular complexity index is 267. The molecule has 7 radical (unpaired) electrons. The first-order valence-corrected chi connectivity index (χ1v) is 7.10. The Hall–Kier alpha value is 0.180. The molecule has 2 saturated carbocycles. The zero-order chi connectivity index (χ0) is 13.3. The molecule has 0 aromatic heterocycles. The van der Waals surface area contributed by atoms with Crippen molar-refractivity contribution < 1.29 is 0 Å². The summed E-state index contributed by atoms with van der Waals surface area (Å²) >= 11 is 0. The Morgan fingerprint density at radius 3 is 1.89 bits per heavy atom. The Morgan fingerprint density at radius 2 is 1.33 bits per heavy atom. The van der Waals surface area contributed by atoms with Gasteiger partial charge in [0.25, 0.3) is 0 Å². The smallest absolute Gasteiger partial charge is 0.115 e. The van der Waals surface area contributed by atoms with Gasteiger partial charge in [-0.3, -0.25) is 0 Å². The van der Waals surface area contributed by atoms with Crippen LogP contribution in [0.3, 0.4) is 0 Å². The molecular formula is C12H21B4N2. The lowest BCUT2D eigenvalue weighted by Gasteiger charge is -2.42. The molecule has 0 aromatic carbocycles. The van der Waals surface area contributed by atoms with E-state index in [0.717, 1.165) is 32.1 Å². The van der Waals surface area contributed by atoms with Crippen molar-refractivity contribution in [2.24, 2.45) is 11.5 Å². The predicted octanol–water partition coefficient (Wildman–Crippen LogP) is 0.771. The van der Waals surface area contributed by atoms with E-state index in [0.29, 0.717) is 5.82 Å². The summed E-state index contributed by atoms with van der Waals surface area (Å²) in [6, 6.07) is 0.403. The van der Waals surface area contributed by atoms with Crippen LogP contribution in [0.4, 0.5) is 0 Å². The fraction of sp³-hybridized carbons (Fsp3) is 1.00. The summed E-state index contributed by atoms with van der Waals surface area (Å²) in [6.45, 7) is 0. The Labute approximate surface area is 116 Å². The number of nitrogens with two attached hydrogens (primary N) is 2. The van der Waals surface area contributed by atoms with E-state index >= 15 is 0 Å². The van der Waals surface area contributed by atoms with Crippen LogP contribution in [0.5, 0.6) is 0 Å². The molecule has 0 amide bonds. The van der Waals surface area contributed by atoms with Gasteiger partial charge in [-0.2, -0.15) is 0 Å². The second kappa shape index (κ2) is 6.09. The summed E-state index contributed by atoms with van der Waals surface area (Å²) in [5.41, 5.74) is 11.9. The van der Waals surface area contributed by atoms with Crippen molar-refractivity contribution in [1.29, 1.82) is 0 Å². The van der Waals surface area contributed by atoms with Crippen LogP contribution in [-0.2, 0) is 0 Å². The van der Waals surface area contributed by atoms with Crippen molar-refractivity contribution >= 4 is 30.8 Å². The summed E-state index contributed by atoms with van der Waals surface area (Å²) in [7, 11) is 20.9. The number of hydrogen-bond acceptors (Lipinski definition) is 2. The van der Waals surface area contributed by atoms with Gasteiger partial charge in [-0.25, -0.2) is 0 Å². The van der Waals surface area contributed by atoms with Gasteiger partial charge in [0, 0.05) is 12.1 Å². The summed E-state index contributed by atoms with van der Waals surface area (Å²) in [6.07, 6.45) is 4.72. The van der Waals surface area contributed by atoms with Crippen molar-refractivity contribution in [3.8, 4) is 0 Å². The van der Waals surface area contributed by atoms with Gasteiger partial charge in [0.15, 0.2) is 0 Å². The first-order valence-electron chi connectivity index (χ1n) is 7.10. The lowest BCUT2D eigenvalue weighted by atomic mass is 9.35. The van der Waals surface area contributed by atoms with Crippen LogP contribution in [0, 0.1) is 0 Å². The lowest BCUT2D eigenvalue weighted by Crippen LogP contribution is -2.37. The molecule has 0 aromatic rings. The maximum Gasteiger partial charge on any atom is 0.115 e. The van der Waals surface area contributed by atoms with Crippen molar-refractivity contribution in [3.63, 3.8) is 0 Å². The largest absolute Gasteiger partial charge is 0.328 e. The average Bonchev–Trinajstić information content (AvgIpc) is 2.25. The summed E-state index contributed by atoms with van der Waals surface area (Å²) < 4.78 is 0. The van der Waals surface area contributed by atoms with E-state index in [2.05, 4.69) is 7.28 Å². The molecule has 0 saturated heterocycles. The Morgan fingerprint density at radius 1 is 0.778 bits per heavy atom. The SMILES string of the molecule is [B]C1CC(N)CCC1[B]C1C([B])CC(N)CC1[B]. The second-order valence-corrected chi connectivity index (χ2v) is 6.23. The molecule has 2 aliphatic carbocycles. The van der Waals surface area contributed by atoms with Gasteiger partial charge in [-0.1, -0.05) is 35.5 Å². The molecule has 0 heterocycles. The van der Waals surface area contributed by atoms with Gasteiger partial charge < -0.3 is 11.5 Å². The minimum atomic E-state index is 0.0755. The predicted molar refractivity (Wildman–Crippen MR) is 80.8 cm³/mol. The molecule has 0 spiro atoms. The van der Waals surface area contributed by atoms with Crippen molar-refractivity contribution in [3.05, 3.63) is 0 Å². The van der Waals surface area contributed by atoms with Gasteiger partial charge >= 0.3 is 0 Å². The Kier molecular flexibility index (Phi) is 4.93. The van der Waals surface area contributed by atoms with Gasteiger partial charge in [-0.15, -0.1) is 0 Å². The molecule has 91 valence electrons. The molecule has 4 N–H and O–H groups in total. The minimum Gasteiger partial charge on any atom is -0.328 e. The normalized spacial score (nSPS) is 49.8. The molecule has 5 atom stereocenters. The third-order valence-electron chi connectivity index (χ3n) is 4.60. The van der Waals surface area contributed by atoms with E-state index in [4.69, 9.17) is 35.0 Å². The van der Waals surface area contributed by atoms with E-state index in [-0.39, 0.29) is 35.4 Å². The lowest BCUT2D eigenvalue weighted by molar-refractivity contribution is 0.416. The minimum absolute atomic E-state index is 0.0755. The monoisotopic (exact) mass is 237 g/mol. The highest BCUT2D eigenvalue weighted by Gasteiger charge is 2.35. The number of rotatable bonds is 2. The quantitative estimate of drug-likeness (QED) is 0.696. The first-order chi connectivity index (χ1) is 8.47. The topological polar surface area (TPSA) is 52.0 Å². The maximum absolute atomic E-state index is 6.19. The van der Waals surface area contributed by atoms with E-state index in [1.54, 1.807) is 0 Å². The van der Waals surface area contributed by atoms with Crippen LogP contribution in [0.1, 0.15) is 32.1 Å². The fourth-order valence-electron chi connectivity index (χ4n) is 3.50. The highest BCUT2D eigenvalue weighted by atomic mass is 14.6. The zero-order valence-electron chi connectivity index (χ0n) is 11.0. The molecule has 2 aliphatic rings. The van der Waals surface area contributed by atoms with Crippen LogP contribution in [-0.4, -0.2) is 42.9 Å². The average molecular weight is 237 g/mol. The second-order valence-electron chi connectivity index (χ2n) is 6.23. The van der Waals surface area contributed by atoms with Gasteiger partial charge in [0.05, 0.1) is 23.5 Å². The molecule has 0 aliphatic heterocycles. The van der Waals surface area contributed by atoms with Crippen LogP contribution in [0.25, 0.3) is 0 Å². The highest BCUT2D eigenvalue weighted by molar-refractivity contribution is 6.45. The summed E-state index contributed by atoms with van der Waals surface area (Å²) in [5.74, 6) is 0.957. The molecule has 5 unspecified atom stereocenters. The molecular weight excluding hydrogens is 215 g/mol. The summed E-state index contributed by atoms with van der Waals surface area (Å²) in [4.78, 5) is 0. The fourth-order valence-corrected chi connectivity index (χ4v) is 3.50. The third kappa shape index (κ3) is 3.39. The molecule has 0 bridgehead atoms. The highest BCUT2D eigenvalue weighted by Crippen LogP contribution is 2.47.